The first kappa shape index (κ1) is 21.6. The Morgan fingerprint density at radius 2 is 1.43 bits per heavy atom. The van der Waals surface area contributed by atoms with Crippen LogP contribution in [-0.4, -0.2) is 71.3 Å². The highest BCUT2D eigenvalue weighted by Crippen LogP contribution is 2.33. The van der Waals surface area contributed by atoms with Crippen molar-refractivity contribution >= 4 is 11.8 Å². The quantitative estimate of drug-likeness (QED) is 0.696. The van der Waals surface area contributed by atoms with Crippen molar-refractivity contribution in [1.29, 1.82) is 0 Å². The molecule has 0 aromatic rings. The summed E-state index contributed by atoms with van der Waals surface area (Å²) < 4.78 is 0. The van der Waals surface area contributed by atoms with E-state index in [1.165, 1.54) is 32.1 Å². The van der Waals surface area contributed by atoms with E-state index in [-0.39, 0.29) is 12.0 Å². The monoisotopic (exact) mass is 391 g/mol. The van der Waals surface area contributed by atoms with Gasteiger partial charge in [-0.05, 0) is 57.8 Å². The Balaban J connectivity index is 1.67. The molecule has 5 heteroatoms. The molecule has 1 saturated carbocycles. The summed E-state index contributed by atoms with van der Waals surface area (Å²) in [5.41, 5.74) is 0. The molecule has 0 N–H and O–H groups in total. The van der Waals surface area contributed by atoms with Crippen LogP contribution in [0.3, 0.4) is 0 Å². The molecule has 1 aliphatic carbocycles. The Labute approximate surface area is 171 Å². The third kappa shape index (κ3) is 4.72. The molecule has 160 valence electrons. The molecule has 3 aliphatic rings. The van der Waals surface area contributed by atoms with Crippen molar-refractivity contribution in [3.8, 4) is 0 Å². The first-order valence-electron chi connectivity index (χ1n) is 11.9. The standard InChI is InChI=1S/C23H41N3O2/c1-4-19(5-2)22(27)25-16-14-24(15-17-25)21(20-11-6-7-12-20)23(28)26-13-9-8-10-18(26)3/h18-21H,4-17H2,1-3H3. The fraction of sp³-hybridized carbons (Fsp3) is 0.913. The largest absolute Gasteiger partial charge is 0.340 e. The number of piperidine rings is 1. The number of amides is 2. The molecule has 2 unspecified atom stereocenters. The molecule has 2 heterocycles. The van der Waals surface area contributed by atoms with Crippen LogP contribution in [0.25, 0.3) is 0 Å². The van der Waals surface area contributed by atoms with Crippen LogP contribution in [0.4, 0.5) is 0 Å². The summed E-state index contributed by atoms with van der Waals surface area (Å²) in [6.07, 6.45) is 10.3. The van der Waals surface area contributed by atoms with Crippen molar-refractivity contribution < 1.29 is 9.59 Å². The van der Waals surface area contributed by atoms with E-state index in [0.29, 0.717) is 23.8 Å². The van der Waals surface area contributed by atoms with Crippen molar-refractivity contribution in [2.24, 2.45) is 11.8 Å². The number of piperazine rings is 1. The van der Waals surface area contributed by atoms with Crippen LogP contribution in [0.2, 0.25) is 0 Å². The molecule has 3 fully saturated rings. The van der Waals surface area contributed by atoms with E-state index in [0.717, 1.165) is 58.4 Å². The van der Waals surface area contributed by atoms with E-state index >= 15 is 0 Å². The Bertz CT molecular complexity index is 520. The first-order chi connectivity index (χ1) is 13.6. The van der Waals surface area contributed by atoms with Gasteiger partial charge in [-0.25, -0.2) is 0 Å². The molecule has 0 bridgehead atoms. The predicted octanol–water partition coefficient (Wildman–Crippen LogP) is 3.53. The number of rotatable bonds is 6. The zero-order chi connectivity index (χ0) is 20.1. The fourth-order valence-electron chi connectivity index (χ4n) is 5.64. The number of carbonyl (C=O) groups is 2. The maximum atomic E-state index is 13.6. The van der Waals surface area contributed by atoms with Gasteiger partial charge < -0.3 is 9.80 Å². The van der Waals surface area contributed by atoms with Gasteiger partial charge in [-0.2, -0.15) is 0 Å². The van der Waals surface area contributed by atoms with Gasteiger partial charge in [-0.3, -0.25) is 14.5 Å². The summed E-state index contributed by atoms with van der Waals surface area (Å²) in [7, 11) is 0. The summed E-state index contributed by atoms with van der Waals surface area (Å²) in [6, 6.07) is 0.413. The smallest absolute Gasteiger partial charge is 0.240 e. The maximum Gasteiger partial charge on any atom is 0.240 e. The lowest BCUT2D eigenvalue weighted by molar-refractivity contribution is -0.145. The van der Waals surface area contributed by atoms with Crippen molar-refractivity contribution in [2.75, 3.05) is 32.7 Å². The highest BCUT2D eigenvalue weighted by atomic mass is 16.2. The van der Waals surface area contributed by atoms with E-state index in [2.05, 4.69) is 30.6 Å². The van der Waals surface area contributed by atoms with Gasteiger partial charge >= 0.3 is 0 Å². The highest BCUT2D eigenvalue weighted by molar-refractivity contribution is 5.83. The van der Waals surface area contributed by atoms with Gasteiger partial charge in [-0.15, -0.1) is 0 Å². The third-order valence-corrected chi connectivity index (χ3v) is 7.54. The number of hydrogen-bond donors (Lipinski definition) is 0. The number of carbonyl (C=O) groups excluding carboxylic acids is 2. The Kier molecular flexibility index (Phi) is 7.78. The van der Waals surface area contributed by atoms with Crippen LogP contribution in [0.5, 0.6) is 0 Å². The van der Waals surface area contributed by atoms with Crippen LogP contribution >= 0.6 is 0 Å². The second-order valence-electron chi connectivity index (χ2n) is 9.24. The average Bonchev–Trinajstić information content (AvgIpc) is 3.24. The Morgan fingerprint density at radius 3 is 2.00 bits per heavy atom. The van der Waals surface area contributed by atoms with Gasteiger partial charge in [0.05, 0.1) is 6.04 Å². The molecule has 2 aliphatic heterocycles. The van der Waals surface area contributed by atoms with Gasteiger partial charge in [-0.1, -0.05) is 26.7 Å². The number of hydrogen-bond acceptors (Lipinski definition) is 3. The predicted molar refractivity (Wildman–Crippen MR) is 113 cm³/mol. The highest BCUT2D eigenvalue weighted by Gasteiger charge is 2.40. The summed E-state index contributed by atoms with van der Waals surface area (Å²) in [5.74, 6) is 1.35. The summed E-state index contributed by atoms with van der Waals surface area (Å²) in [5, 5.41) is 0. The normalized spacial score (nSPS) is 26.1. The minimum Gasteiger partial charge on any atom is -0.340 e. The van der Waals surface area contributed by atoms with Gasteiger partial charge in [0, 0.05) is 44.7 Å². The van der Waals surface area contributed by atoms with Crippen LogP contribution in [-0.2, 0) is 9.59 Å². The van der Waals surface area contributed by atoms with E-state index in [4.69, 9.17) is 0 Å². The molecule has 2 atom stereocenters. The van der Waals surface area contributed by atoms with Crippen LogP contribution in [0.1, 0.15) is 78.6 Å². The molecule has 5 nitrogen and oxygen atoms in total. The topological polar surface area (TPSA) is 43.9 Å². The maximum absolute atomic E-state index is 13.6. The molecule has 3 rings (SSSR count). The summed E-state index contributed by atoms with van der Waals surface area (Å²) in [6.45, 7) is 10.6. The third-order valence-electron chi connectivity index (χ3n) is 7.54. The molecular weight excluding hydrogens is 350 g/mol. The van der Waals surface area contributed by atoms with Crippen molar-refractivity contribution in [1.82, 2.24) is 14.7 Å². The lowest BCUT2D eigenvalue weighted by atomic mass is 9.92. The minimum atomic E-state index is 0.0356. The SMILES string of the molecule is CCC(CC)C(=O)N1CCN(C(C(=O)N2CCCCC2C)C2CCCC2)CC1. The van der Waals surface area contributed by atoms with Gasteiger partial charge in [0.1, 0.15) is 0 Å². The molecule has 0 radical (unpaired) electrons. The zero-order valence-electron chi connectivity index (χ0n) is 18.4. The lowest BCUT2D eigenvalue weighted by Gasteiger charge is -2.44. The van der Waals surface area contributed by atoms with E-state index in [1.54, 1.807) is 0 Å². The number of likely N-dealkylation sites (tertiary alicyclic amines) is 1. The fourth-order valence-corrected chi connectivity index (χ4v) is 5.64. The first-order valence-corrected chi connectivity index (χ1v) is 11.9. The lowest BCUT2D eigenvalue weighted by Crippen LogP contribution is -2.60. The van der Waals surface area contributed by atoms with E-state index in [9.17, 15) is 9.59 Å². The van der Waals surface area contributed by atoms with Gasteiger partial charge in [0.15, 0.2) is 0 Å². The molecule has 28 heavy (non-hydrogen) atoms. The van der Waals surface area contributed by atoms with Crippen LogP contribution in [0.15, 0.2) is 0 Å². The minimum absolute atomic E-state index is 0.0356. The summed E-state index contributed by atoms with van der Waals surface area (Å²) in [4.78, 5) is 33.0. The second kappa shape index (κ2) is 10.1. The number of nitrogens with zero attached hydrogens (tertiary/aromatic N) is 3. The molecule has 2 saturated heterocycles. The van der Waals surface area contributed by atoms with Crippen molar-refractivity contribution in [3.05, 3.63) is 0 Å². The Morgan fingerprint density at radius 1 is 0.821 bits per heavy atom. The van der Waals surface area contributed by atoms with E-state index < -0.39 is 0 Å². The van der Waals surface area contributed by atoms with Crippen molar-refractivity contribution in [3.63, 3.8) is 0 Å². The van der Waals surface area contributed by atoms with Crippen LogP contribution in [0, 0.1) is 11.8 Å². The second-order valence-corrected chi connectivity index (χ2v) is 9.24. The summed E-state index contributed by atoms with van der Waals surface area (Å²) >= 11 is 0. The van der Waals surface area contributed by atoms with E-state index in [1.807, 2.05) is 4.90 Å². The molecule has 0 aromatic heterocycles. The molecule has 0 aromatic carbocycles. The van der Waals surface area contributed by atoms with Gasteiger partial charge in [0.25, 0.3) is 0 Å². The van der Waals surface area contributed by atoms with Crippen molar-refractivity contribution in [2.45, 2.75) is 90.6 Å². The molecule has 0 spiro atoms. The molecule has 2 amide bonds. The van der Waals surface area contributed by atoms with Gasteiger partial charge in [0.2, 0.25) is 11.8 Å². The molecular formula is C23H41N3O2. The average molecular weight is 392 g/mol. The Hall–Kier alpha value is -1.10. The van der Waals surface area contributed by atoms with Crippen LogP contribution < -0.4 is 0 Å². The zero-order valence-corrected chi connectivity index (χ0v) is 18.4.